The monoisotopic (exact) mass is 422 g/mol. The van der Waals surface area contributed by atoms with E-state index in [0.717, 1.165) is 31.2 Å². The Morgan fingerprint density at radius 1 is 1.13 bits per heavy atom. The van der Waals surface area contributed by atoms with Crippen LogP contribution in [0.1, 0.15) is 64.3 Å². The van der Waals surface area contributed by atoms with Gasteiger partial charge in [-0.15, -0.1) is 0 Å². The fraction of sp³-hybridized carbons (Fsp3) is 0.458. The van der Waals surface area contributed by atoms with Crippen molar-refractivity contribution >= 4 is 17.6 Å². The molecule has 3 heterocycles. The summed E-state index contributed by atoms with van der Waals surface area (Å²) in [5.74, 6) is -0.486. The van der Waals surface area contributed by atoms with Crippen molar-refractivity contribution in [2.75, 3.05) is 19.6 Å². The lowest BCUT2D eigenvalue weighted by Gasteiger charge is -2.39. The molecule has 2 amide bonds. The minimum atomic E-state index is -0.406. The first kappa shape index (κ1) is 20.0. The molecular weight excluding hydrogens is 396 g/mol. The smallest absolute Gasteiger partial charge is 0.257 e. The van der Waals surface area contributed by atoms with Crippen LogP contribution in [0.2, 0.25) is 0 Å². The number of ketones is 1. The number of likely N-dealkylation sites (tertiary alicyclic amines) is 1. The zero-order chi connectivity index (χ0) is 21.4. The Balaban J connectivity index is 1.12. The number of fused-ring (bicyclic) bond motifs is 1. The van der Waals surface area contributed by atoms with E-state index in [1.807, 2.05) is 23.1 Å². The van der Waals surface area contributed by atoms with E-state index in [1.165, 1.54) is 12.5 Å². The van der Waals surface area contributed by atoms with E-state index in [9.17, 15) is 14.4 Å². The van der Waals surface area contributed by atoms with Crippen LogP contribution in [-0.2, 0) is 9.53 Å². The molecule has 3 aliphatic rings. The number of ether oxygens (including phenoxy) is 1. The Labute approximate surface area is 180 Å². The van der Waals surface area contributed by atoms with Crippen molar-refractivity contribution in [2.24, 2.45) is 0 Å². The quantitative estimate of drug-likeness (QED) is 0.818. The first-order chi connectivity index (χ1) is 15.0. The summed E-state index contributed by atoms with van der Waals surface area (Å²) in [7, 11) is 0. The van der Waals surface area contributed by atoms with Gasteiger partial charge in [-0.2, -0.15) is 0 Å². The summed E-state index contributed by atoms with van der Waals surface area (Å²) in [5, 5.41) is 3.00. The highest BCUT2D eigenvalue weighted by molar-refractivity contribution is 6.06. The first-order valence-electron chi connectivity index (χ1n) is 10.9. The second kappa shape index (κ2) is 7.96. The third kappa shape index (κ3) is 3.78. The van der Waals surface area contributed by atoms with Crippen LogP contribution in [-0.4, -0.2) is 53.8 Å². The minimum Gasteiger partial charge on any atom is -0.472 e. The van der Waals surface area contributed by atoms with Gasteiger partial charge >= 0.3 is 0 Å². The molecule has 2 aliphatic heterocycles. The van der Waals surface area contributed by atoms with Gasteiger partial charge in [-0.25, -0.2) is 0 Å². The zero-order valence-corrected chi connectivity index (χ0v) is 17.3. The molecule has 2 fully saturated rings. The van der Waals surface area contributed by atoms with E-state index in [1.54, 1.807) is 12.1 Å². The van der Waals surface area contributed by atoms with Crippen LogP contribution in [0.4, 0.5) is 0 Å². The largest absolute Gasteiger partial charge is 0.472 e. The Hall–Kier alpha value is -2.93. The maximum absolute atomic E-state index is 12.7. The summed E-state index contributed by atoms with van der Waals surface area (Å²) in [5.41, 5.74) is 1.85. The maximum atomic E-state index is 12.7. The zero-order valence-electron chi connectivity index (χ0n) is 17.3. The van der Waals surface area contributed by atoms with E-state index >= 15 is 0 Å². The fourth-order valence-corrected chi connectivity index (χ4v) is 5.12. The molecule has 162 valence electrons. The van der Waals surface area contributed by atoms with Crippen LogP contribution in [0.15, 0.2) is 47.3 Å². The van der Waals surface area contributed by atoms with Crippen molar-refractivity contribution in [1.82, 2.24) is 10.2 Å². The molecule has 2 atom stereocenters. The SMILES string of the molecule is O=C1C[C@H](C(=O)NC[C@H]2CCC3(CCN(C(=O)c4ccoc4)CC3)O2)c2ccccc21. The van der Waals surface area contributed by atoms with Crippen molar-refractivity contribution in [3.05, 3.63) is 59.5 Å². The third-order valence-corrected chi connectivity index (χ3v) is 6.92. The molecule has 1 aromatic carbocycles. The lowest BCUT2D eigenvalue weighted by Crippen LogP contribution is -2.47. The van der Waals surface area contributed by atoms with Gasteiger partial charge in [-0.05, 0) is 37.3 Å². The van der Waals surface area contributed by atoms with Gasteiger partial charge in [0.1, 0.15) is 6.26 Å². The van der Waals surface area contributed by atoms with Crippen molar-refractivity contribution in [3.63, 3.8) is 0 Å². The number of furan rings is 1. The second-order valence-electron chi connectivity index (χ2n) is 8.78. The lowest BCUT2D eigenvalue weighted by atomic mass is 9.88. The molecule has 0 unspecified atom stereocenters. The van der Waals surface area contributed by atoms with Crippen LogP contribution in [0.5, 0.6) is 0 Å². The summed E-state index contributed by atoms with van der Waals surface area (Å²) < 4.78 is 11.4. The number of carbonyl (C=O) groups excluding carboxylic acids is 3. The number of benzene rings is 1. The summed E-state index contributed by atoms with van der Waals surface area (Å²) in [4.78, 5) is 39.2. The Morgan fingerprint density at radius 2 is 1.94 bits per heavy atom. The molecule has 31 heavy (non-hydrogen) atoms. The van der Waals surface area contributed by atoms with E-state index in [0.29, 0.717) is 30.8 Å². The van der Waals surface area contributed by atoms with Gasteiger partial charge in [0.05, 0.1) is 29.4 Å². The summed E-state index contributed by atoms with van der Waals surface area (Å²) in [6, 6.07) is 9.04. The summed E-state index contributed by atoms with van der Waals surface area (Å²) in [6.07, 6.45) is 6.61. The van der Waals surface area contributed by atoms with Gasteiger partial charge in [-0.3, -0.25) is 14.4 Å². The molecule has 0 radical (unpaired) electrons. The van der Waals surface area contributed by atoms with E-state index in [-0.39, 0.29) is 35.7 Å². The molecular formula is C24H26N2O5. The second-order valence-corrected chi connectivity index (χ2v) is 8.78. The Bertz CT molecular complexity index is 991. The number of amides is 2. The molecule has 0 bridgehead atoms. The molecule has 2 saturated heterocycles. The molecule has 0 saturated carbocycles. The average molecular weight is 422 g/mol. The van der Waals surface area contributed by atoms with Gasteiger partial charge in [0.25, 0.3) is 5.91 Å². The number of hydrogen-bond acceptors (Lipinski definition) is 5. The topological polar surface area (TPSA) is 88.9 Å². The third-order valence-electron chi connectivity index (χ3n) is 6.92. The molecule has 7 heteroatoms. The van der Waals surface area contributed by atoms with Crippen molar-refractivity contribution in [1.29, 1.82) is 0 Å². The normalized spacial score (nSPS) is 24.4. The first-order valence-corrected chi connectivity index (χ1v) is 10.9. The number of nitrogens with one attached hydrogen (secondary N) is 1. The molecule has 5 rings (SSSR count). The highest BCUT2D eigenvalue weighted by Crippen LogP contribution is 2.39. The average Bonchev–Trinajstić information content (AvgIpc) is 3.53. The van der Waals surface area contributed by atoms with Crippen LogP contribution in [0, 0.1) is 0 Å². The molecule has 2 aromatic rings. The highest BCUT2D eigenvalue weighted by Gasteiger charge is 2.43. The number of nitrogens with zero attached hydrogens (tertiary/aromatic N) is 1. The van der Waals surface area contributed by atoms with Crippen LogP contribution in [0.3, 0.4) is 0 Å². The van der Waals surface area contributed by atoms with Gasteiger partial charge in [-0.1, -0.05) is 24.3 Å². The molecule has 1 aromatic heterocycles. The van der Waals surface area contributed by atoms with Crippen LogP contribution >= 0.6 is 0 Å². The van der Waals surface area contributed by atoms with Gasteiger partial charge in [0, 0.05) is 31.6 Å². The Kier molecular flexibility index (Phi) is 5.14. The van der Waals surface area contributed by atoms with Gasteiger partial charge < -0.3 is 19.4 Å². The van der Waals surface area contributed by atoms with Gasteiger partial charge in [0.2, 0.25) is 5.91 Å². The fourth-order valence-electron chi connectivity index (χ4n) is 5.12. The molecule has 1 N–H and O–H groups in total. The number of piperidine rings is 1. The molecule has 1 spiro atoms. The number of rotatable bonds is 4. The van der Waals surface area contributed by atoms with E-state index in [2.05, 4.69) is 5.32 Å². The predicted molar refractivity (Wildman–Crippen MR) is 112 cm³/mol. The predicted octanol–water partition coefficient (Wildman–Crippen LogP) is 2.92. The number of Topliss-reactive ketones (excluding diaryl/α,β-unsaturated/α-hetero) is 1. The minimum absolute atomic E-state index is 0.00296. The molecule has 1 aliphatic carbocycles. The molecule has 7 nitrogen and oxygen atoms in total. The number of carbonyl (C=O) groups is 3. The highest BCUT2D eigenvalue weighted by atomic mass is 16.5. The number of hydrogen-bond donors (Lipinski definition) is 1. The lowest BCUT2D eigenvalue weighted by molar-refractivity contribution is -0.124. The Morgan fingerprint density at radius 3 is 2.71 bits per heavy atom. The maximum Gasteiger partial charge on any atom is 0.257 e. The van der Waals surface area contributed by atoms with Crippen LogP contribution < -0.4 is 5.32 Å². The van der Waals surface area contributed by atoms with Crippen molar-refractivity contribution in [3.8, 4) is 0 Å². The van der Waals surface area contributed by atoms with E-state index in [4.69, 9.17) is 9.15 Å². The summed E-state index contributed by atoms with van der Waals surface area (Å²) in [6.45, 7) is 1.76. The standard InChI is InChI=1S/C24H26N2O5/c27-21-13-20(18-3-1-2-4-19(18)21)22(28)25-14-17-5-7-24(31-17)8-10-26(11-9-24)23(29)16-6-12-30-15-16/h1-4,6,12,15,17,20H,5,7-11,13-14H2,(H,25,28)/t17-,20+/m1/s1. The van der Waals surface area contributed by atoms with Gasteiger partial charge in [0.15, 0.2) is 5.78 Å². The van der Waals surface area contributed by atoms with Crippen molar-refractivity contribution in [2.45, 2.75) is 49.7 Å². The summed E-state index contributed by atoms with van der Waals surface area (Å²) >= 11 is 0. The van der Waals surface area contributed by atoms with E-state index < -0.39 is 5.92 Å². The van der Waals surface area contributed by atoms with Crippen molar-refractivity contribution < 1.29 is 23.5 Å². The van der Waals surface area contributed by atoms with Crippen LogP contribution in [0.25, 0.3) is 0 Å².